The van der Waals surface area contributed by atoms with Crippen molar-refractivity contribution < 1.29 is 9.31 Å². The Bertz CT molecular complexity index is 473. The number of hydrogen-bond donors (Lipinski definition) is 0. The standard InChI is InChI=1S/C13H22BBrN2O2S/c1-7-17(8-2)11-16-9(10(15)20-11)14-18-12(3,4)13(5,6)19-14/h7-8H2,1-6H3. The van der Waals surface area contributed by atoms with E-state index in [4.69, 9.17) is 14.3 Å². The summed E-state index contributed by atoms with van der Waals surface area (Å²) in [6, 6.07) is 0. The van der Waals surface area contributed by atoms with Gasteiger partial charge in [-0.3, -0.25) is 0 Å². The molecule has 0 aliphatic carbocycles. The first-order valence-electron chi connectivity index (χ1n) is 6.98. The fraction of sp³-hybridized carbons (Fsp3) is 0.769. The third-order valence-electron chi connectivity index (χ3n) is 4.11. The van der Waals surface area contributed by atoms with Crippen LogP contribution in [0, 0.1) is 0 Å². The molecule has 0 N–H and O–H groups in total. The van der Waals surface area contributed by atoms with Crippen LogP contribution in [0.3, 0.4) is 0 Å². The molecule has 2 rings (SSSR count). The highest BCUT2D eigenvalue weighted by Crippen LogP contribution is 2.38. The maximum atomic E-state index is 6.06. The van der Waals surface area contributed by atoms with Gasteiger partial charge in [-0.05, 0) is 57.5 Å². The molecule has 7 heteroatoms. The number of aromatic nitrogens is 1. The second-order valence-electron chi connectivity index (χ2n) is 5.92. The van der Waals surface area contributed by atoms with Crippen molar-refractivity contribution in [3.8, 4) is 0 Å². The minimum atomic E-state index is -0.407. The van der Waals surface area contributed by atoms with Gasteiger partial charge in [-0.25, -0.2) is 4.98 Å². The molecule has 0 atom stereocenters. The zero-order valence-electron chi connectivity index (χ0n) is 13.0. The zero-order chi connectivity index (χ0) is 15.1. The van der Waals surface area contributed by atoms with Gasteiger partial charge in [0.05, 0.1) is 20.6 Å². The summed E-state index contributed by atoms with van der Waals surface area (Å²) < 4.78 is 13.1. The Morgan fingerprint density at radius 2 is 1.65 bits per heavy atom. The lowest BCUT2D eigenvalue weighted by Gasteiger charge is -2.32. The van der Waals surface area contributed by atoms with Crippen LogP contribution in [0.5, 0.6) is 0 Å². The molecule has 4 nitrogen and oxygen atoms in total. The van der Waals surface area contributed by atoms with E-state index in [0.717, 1.165) is 27.6 Å². The van der Waals surface area contributed by atoms with E-state index in [1.165, 1.54) is 0 Å². The molecule has 112 valence electrons. The van der Waals surface area contributed by atoms with Crippen molar-refractivity contribution in [1.29, 1.82) is 0 Å². The number of thiazole rings is 1. The smallest absolute Gasteiger partial charge is 0.398 e. The van der Waals surface area contributed by atoms with Crippen LogP contribution in [-0.4, -0.2) is 36.4 Å². The lowest BCUT2D eigenvalue weighted by atomic mass is 9.86. The van der Waals surface area contributed by atoms with Gasteiger partial charge in [0.25, 0.3) is 0 Å². The third-order valence-corrected chi connectivity index (χ3v) is 5.92. The summed E-state index contributed by atoms with van der Waals surface area (Å²) in [6.07, 6.45) is 0. The molecule has 0 amide bonds. The first kappa shape index (κ1) is 16.3. The fourth-order valence-corrected chi connectivity index (χ4v) is 3.68. The molecular formula is C13H22BBrN2O2S. The third kappa shape index (κ3) is 2.78. The van der Waals surface area contributed by atoms with Crippen LogP contribution < -0.4 is 10.5 Å². The minimum absolute atomic E-state index is 0.337. The molecule has 0 saturated carbocycles. The van der Waals surface area contributed by atoms with Crippen molar-refractivity contribution in [3.05, 3.63) is 3.79 Å². The summed E-state index contributed by atoms with van der Waals surface area (Å²) in [4.78, 5) is 6.94. The van der Waals surface area contributed by atoms with Gasteiger partial charge in [0.2, 0.25) is 0 Å². The molecule has 1 fully saturated rings. The zero-order valence-corrected chi connectivity index (χ0v) is 15.4. The molecule has 0 spiro atoms. The highest BCUT2D eigenvalue weighted by molar-refractivity contribution is 9.11. The van der Waals surface area contributed by atoms with Crippen LogP contribution in [0.25, 0.3) is 0 Å². The molecule has 0 aromatic carbocycles. The summed E-state index contributed by atoms with van der Waals surface area (Å²) in [6.45, 7) is 14.4. The molecule has 1 aliphatic rings. The minimum Gasteiger partial charge on any atom is -0.398 e. The van der Waals surface area contributed by atoms with Crippen LogP contribution in [-0.2, 0) is 9.31 Å². The summed E-state index contributed by atoms with van der Waals surface area (Å²) in [5, 5.41) is 1.01. The Kier molecular flexibility index (Phi) is 4.55. The molecule has 0 unspecified atom stereocenters. The average Bonchev–Trinajstić information content (AvgIpc) is 2.80. The van der Waals surface area contributed by atoms with Gasteiger partial charge in [0, 0.05) is 13.1 Å². The van der Waals surface area contributed by atoms with E-state index >= 15 is 0 Å². The number of halogens is 1. The van der Waals surface area contributed by atoms with Crippen molar-refractivity contribution in [1.82, 2.24) is 4.98 Å². The van der Waals surface area contributed by atoms with E-state index in [1.54, 1.807) is 11.3 Å². The monoisotopic (exact) mass is 360 g/mol. The fourth-order valence-electron chi connectivity index (χ4n) is 2.03. The van der Waals surface area contributed by atoms with Gasteiger partial charge in [0.1, 0.15) is 0 Å². The average molecular weight is 361 g/mol. The highest BCUT2D eigenvalue weighted by atomic mass is 79.9. The topological polar surface area (TPSA) is 34.6 Å². The van der Waals surface area contributed by atoms with Crippen LogP contribution in [0.2, 0.25) is 0 Å². The number of nitrogens with zero attached hydrogens (tertiary/aromatic N) is 2. The van der Waals surface area contributed by atoms with Crippen LogP contribution in [0.4, 0.5) is 5.13 Å². The van der Waals surface area contributed by atoms with Crippen molar-refractivity contribution in [2.24, 2.45) is 0 Å². The Hall–Kier alpha value is -0.105. The lowest BCUT2D eigenvalue weighted by Crippen LogP contribution is -2.41. The number of hydrogen-bond acceptors (Lipinski definition) is 5. The van der Waals surface area contributed by atoms with Crippen molar-refractivity contribution in [2.75, 3.05) is 18.0 Å². The van der Waals surface area contributed by atoms with Gasteiger partial charge in [-0.15, -0.1) is 0 Å². The second kappa shape index (κ2) is 5.59. The number of rotatable bonds is 4. The predicted molar refractivity (Wildman–Crippen MR) is 89.1 cm³/mol. The highest BCUT2D eigenvalue weighted by Gasteiger charge is 2.53. The first-order chi connectivity index (χ1) is 9.21. The summed E-state index contributed by atoms with van der Waals surface area (Å²) in [7, 11) is -0.407. The maximum Gasteiger partial charge on any atom is 0.516 e. The Morgan fingerprint density at radius 1 is 1.15 bits per heavy atom. The summed E-state index contributed by atoms with van der Waals surface area (Å²) in [5.41, 5.74) is 0.169. The van der Waals surface area contributed by atoms with E-state index in [9.17, 15) is 0 Å². The van der Waals surface area contributed by atoms with Crippen molar-refractivity contribution in [2.45, 2.75) is 52.7 Å². The second-order valence-corrected chi connectivity index (χ2v) is 8.21. The summed E-state index contributed by atoms with van der Waals surface area (Å²) >= 11 is 5.23. The van der Waals surface area contributed by atoms with E-state index in [-0.39, 0.29) is 11.2 Å². The largest absolute Gasteiger partial charge is 0.516 e. The summed E-state index contributed by atoms with van der Waals surface area (Å²) in [5.74, 6) is 0. The Morgan fingerprint density at radius 3 is 2.10 bits per heavy atom. The first-order valence-corrected chi connectivity index (χ1v) is 8.59. The van der Waals surface area contributed by atoms with Crippen molar-refractivity contribution in [3.63, 3.8) is 0 Å². The van der Waals surface area contributed by atoms with E-state index in [2.05, 4.69) is 62.4 Å². The molecular weight excluding hydrogens is 339 g/mol. The normalized spacial score (nSPS) is 20.4. The molecule has 1 aromatic rings. The number of anilines is 1. The van der Waals surface area contributed by atoms with Crippen molar-refractivity contribution >= 4 is 45.1 Å². The molecule has 20 heavy (non-hydrogen) atoms. The molecule has 1 saturated heterocycles. The van der Waals surface area contributed by atoms with Gasteiger partial charge in [0.15, 0.2) is 5.13 Å². The van der Waals surface area contributed by atoms with Gasteiger partial charge in [-0.2, -0.15) is 0 Å². The van der Waals surface area contributed by atoms with E-state index < -0.39 is 7.12 Å². The van der Waals surface area contributed by atoms with Gasteiger partial charge < -0.3 is 14.2 Å². The molecule has 0 bridgehead atoms. The Labute approximate surface area is 134 Å². The molecule has 1 aromatic heterocycles. The SMILES string of the molecule is CCN(CC)c1nc(B2OC(C)(C)C(C)(C)O2)c(Br)s1. The lowest BCUT2D eigenvalue weighted by molar-refractivity contribution is 0.00578. The molecule has 2 heterocycles. The van der Waals surface area contributed by atoms with Crippen LogP contribution in [0.1, 0.15) is 41.5 Å². The molecule has 0 radical (unpaired) electrons. The van der Waals surface area contributed by atoms with Crippen LogP contribution in [0.15, 0.2) is 3.79 Å². The van der Waals surface area contributed by atoms with Gasteiger partial charge >= 0.3 is 7.12 Å². The van der Waals surface area contributed by atoms with E-state index in [0.29, 0.717) is 0 Å². The maximum absolute atomic E-state index is 6.06. The van der Waals surface area contributed by atoms with Gasteiger partial charge in [-0.1, -0.05) is 11.3 Å². The Balaban J connectivity index is 2.27. The van der Waals surface area contributed by atoms with Crippen LogP contribution >= 0.6 is 27.3 Å². The van der Waals surface area contributed by atoms with E-state index in [1.807, 2.05) is 0 Å². The quantitative estimate of drug-likeness (QED) is 0.773. The molecule has 1 aliphatic heterocycles. The predicted octanol–water partition coefficient (Wildman–Crippen LogP) is 3.05.